The van der Waals surface area contributed by atoms with Gasteiger partial charge in [0, 0.05) is 13.1 Å². The average molecular weight is 464 g/mol. The van der Waals surface area contributed by atoms with Crippen molar-refractivity contribution in [3.05, 3.63) is 42.5 Å². The van der Waals surface area contributed by atoms with E-state index in [0.717, 1.165) is 19.3 Å². The summed E-state index contributed by atoms with van der Waals surface area (Å²) in [5, 5.41) is 2.97. The quantitative estimate of drug-likeness (QED) is 0.742. The van der Waals surface area contributed by atoms with E-state index < -0.39 is 26.2 Å². The van der Waals surface area contributed by atoms with Crippen LogP contribution < -0.4 is 14.8 Å². The van der Waals surface area contributed by atoms with Crippen LogP contribution in [0.25, 0.3) is 0 Å². The highest BCUT2D eigenvalue weighted by Crippen LogP contribution is 2.35. The second-order valence-electron chi connectivity index (χ2n) is 7.56. The summed E-state index contributed by atoms with van der Waals surface area (Å²) in [6, 6.07) is 11.1. The number of sulfonamides is 2. The van der Waals surface area contributed by atoms with Crippen molar-refractivity contribution >= 4 is 31.6 Å². The molecular weight excluding hydrogens is 442 g/mol. The van der Waals surface area contributed by atoms with Gasteiger partial charge in [0.25, 0.3) is 10.0 Å². The fourth-order valence-corrected chi connectivity index (χ4v) is 6.68. The molecule has 1 saturated heterocycles. The number of anilines is 1. The van der Waals surface area contributed by atoms with Gasteiger partial charge in [-0.2, -0.15) is 12.7 Å². The second kappa shape index (κ2) is 7.50. The molecule has 0 spiro atoms. The van der Waals surface area contributed by atoms with Crippen LogP contribution in [0, 0.1) is 0 Å². The van der Waals surface area contributed by atoms with Gasteiger partial charge >= 0.3 is 0 Å². The molecule has 2 aromatic carbocycles. The molecule has 5 rings (SSSR count). The highest BCUT2D eigenvalue weighted by molar-refractivity contribution is 7.91. The largest absolute Gasteiger partial charge is 0.485 e. The van der Waals surface area contributed by atoms with Crippen LogP contribution in [0.1, 0.15) is 19.3 Å². The van der Waals surface area contributed by atoms with E-state index in [2.05, 4.69) is 9.71 Å². The number of piperidine rings is 1. The highest BCUT2D eigenvalue weighted by Gasteiger charge is 2.35. The van der Waals surface area contributed by atoms with Crippen molar-refractivity contribution in [2.45, 2.75) is 35.2 Å². The summed E-state index contributed by atoms with van der Waals surface area (Å²) in [4.78, 5) is -0.227. The molecule has 0 aliphatic carbocycles. The van der Waals surface area contributed by atoms with Gasteiger partial charge in [0.15, 0.2) is 23.4 Å². The molecule has 0 amide bonds. The molecule has 1 fully saturated rings. The van der Waals surface area contributed by atoms with Gasteiger partial charge in [0.05, 0.1) is 10.6 Å². The maximum Gasteiger partial charge on any atom is 0.286 e. The Morgan fingerprint density at radius 3 is 2.55 bits per heavy atom. The maximum atomic E-state index is 13.0. The number of benzene rings is 2. The Hall–Kier alpha value is -2.63. The Bertz CT molecular complexity index is 1270. The molecule has 0 radical (unpaired) electrons. The van der Waals surface area contributed by atoms with Gasteiger partial charge in [-0.3, -0.25) is 0 Å². The third-order valence-corrected chi connectivity index (χ3v) is 8.70. The number of amidine groups is 1. The monoisotopic (exact) mass is 463 g/mol. The van der Waals surface area contributed by atoms with Crippen molar-refractivity contribution in [1.29, 1.82) is 0 Å². The van der Waals surface area contributed by atoms with Crippen molar-refractivity contribution in [2.75, 3.05) is 25.0 Å². The zero-order valence-electron chi connectivity index (χ0n) is 16.5. The minimum Gasteiger partial charge on any atom is -0.485 e. The molecule has 1 N–H and O–H groups in total. The van der Waals surface area contributed by atoms with E-state index in [1.165, 1.54) is 22.5 Å². The van der Waals surface area contributed by atoms with E-state index in [4.69, 9.17) is 9.47 Å². The molecule has 1 unspecified atom stereocenters. The molecule has 31 heavy (non-hydrogen) atoms. The van der Waals surface area contributed by atoms with Crippen molar-refractivity contribution in [3.63, 3.8) is 0 Å². The Morgan fingerprint density at radius 1 is 1.03 bits per heavy atom. The van der Waals surface area contributed by atoms with Gasteiger partial charge in [0.2, 0.25) is 10.0 Å². The minimum atomic E-state index is -4.12. The van der Waals surface area contributed by atoms with Gasteiger partial charge < -0.3 is 14.8 Å². The predicted molar refractivity (Wildman–Crippen MR) is 114 cm³/mol. The molecule has 0 bridgehead atoms. The summed E-state index contributed by atoms with van der Waals surface area (Å²) < 4.78 is 68.4. The lowest BCUT2D eigenvalue weighted by Gasteiger charge is -2.30. The lowest BCUT2D eigenvalue weighted by atomic mass is 10.2. The van der Waals surface area contributed by atoms with E-state index >= 15 is 0 Å². The molecule has 11 heteroatoms. The smallest absolute Gasteiger partial charge is 0.286 e. The van der Waals surface area contributed by atoms with E-state index in [1.54, 1.807) is 18.2 Å². The summed E-state index contributed by atoms with van der Waals surface area (Å²) in [5.41, 5.74) is 0.255. The lowest BCUT2D eigenvalue weighted by Crippen LogP contribution is -2.42. The number of ether oxygens (including phenoxy) is 2. The first-order chi connectivity index (χ1) is 14.8. The third-order valence-electron chi connectivity index (χ3n) is 5.48. The van der Waals surface area contributed by atoms with Crippen LogP contribution in [-0.2, 0) is 20.0 Å². The molecule has 0 aromatic heterocycles. The molecule has 2 aromatic rings. The summed E-state index contributed by atoms with van der Waals surface area (Å²) in [6.07, 6.45) is 1.84. The summed E-state index contributed by atoms with van der Waals surface area (Å²) in [5.74, 6) is 1.16. The van der Waals surface area contributed by atoms with Crippen molar-refractivity contribution in [2.24, 2.45) is 4.40 Å². The van der Waals surface area contributed by atoms with Crippen LogP contribution in [0.15, 0.2) is 56.7 Å². The zero-order chi connectivity index (χ0) is 21.6. The number of para-hydroxylation sites is 2. The number of hydrogen-bond acceptors (Lipinski definition) is 7. The number of hydrogen-bond donors (Lipinski definition) is 1. The predicted octanol–water partition coefficient (Wildman–Crippen LogP) is 2.21. The van der Waals surface area contributed by atoms with Crippen LogP contribution in [0.3, 0.4) is 0 Å². The highest BCUT2D eigenvalue weighted by atomic mass is 32.2. The normalized spacial score (nSPS) is 22.7. The van der Waals surface area contributed by atoms with Crippen LogP contribution >= 0.6 is 0 Å². The average Bonchev–Trinajstić information content (AvgIpc) is 2.78. The Morgan fingerprint density at radius 2 is 1.77 bits per heavy atom. The van der Waals surface area contributed by atoms with Crippen LogP contribution in [0.5, 0.6) is 11.5 Å². The molecule has 9 nitrogen and oxygen atoms in total. The second-order valence-corrected chi connectivity index (χ2v) is 11.1. The number of nitrogens with one attached hydrogen (secondary N) is 1. The van der Waals surface area contributed by atoms with Gasteiger partial charge in [0.1, 0.15) is 11.5 Å². The van der Waals surface area contributed by atoms with Crippen LogP contribution in [0.4, 0.5) is 5.69 Å². The number of nitrogens with zero attached hydrogens (tertiary/aromatic N) is 2. The summed E-state index contributed by atoms with van der Waals surface area (Å²) in [7, 11) is -7.89. The van der Waals surface area contributed by atoms with Gasteiger partial charge in [-0.05, 0) is 43.2 Å². The molecular formula is C20H21N3O6S2. The van der Waals surface area contributed by atoms with E-state index in [-0.39, 0.29) is 27.9 Å². The van der Waals surface area contributed by atoms with Crippen molar-refractivity contribution < 1.29 is 26.3 Å². The first-order valence-corrected chi connectivity index (χ1v) is 12.9. The Balaban J connectivity index is 1.45. The first kappa shape index (κ1) is 20.3. The van der Waals surface area contributed by atoms with Gasteiger partial charge in [-0.25, -0.2) is 8.42 Å². The van der Waals surface area contributed by atoms with E-state index in [1.807, 2.05) is 6.07 Å². The molecule has 3 heterocycles. The summed E-state index contributed by atoms with van der Waals surface area (Å²) >= 11 is 0. The number of rotatable bonds is 3. The third kappa shape index (κ3) is 3.66. The zero-order valence-corrected chi connectivity index (χ0v) is 18.2. The van der Waals surface area contributed by atoms with Crippen molar-refractivity contribution in [3.8, 4) is 11.5 Å². The molecule has 3 aliphatic heterocycles. The fraction of sp³-hybridized carbons (Fsp3) is 0.350. The van der Waals surface area contributed by atoms with E-state index in [0.29, 0.717) is 24.6 Å². The number of fused-ring (bicyclic) bond motifs is 2. The SMILES string of the molecule is O=S1(=O)N=C(C2COc3ccccc3O2)Nc2ccc(S(=O)(=O)N3CCCCC3)cc21. The van der Waals surface area contributed by atoms with E-state index in [9.17, 15) is 16.8 Å². The summed E-state index contributed by atoms with van der Waals surface area (Å²) in [6.45, 7) is 0.968. The first-order valence-electron chi connectivity index (χ1n) is 9.99. The molecule has 1 atom stereocenters. The maximum absolute atomic E-state index is 13.0. The topological polar surface area (TPSA) is 114 Å². The molecule has 164 valence electrons. The van der Waals surface area contributed by atoms with Crippen LogP contribution in [0.2, 0.25) is 0 Å². The lowest BCUT2D eigenvalue weighted by molar-refractivity contribution is 0.135. The van der Waals surface area contributed by atoms with Crippen LogP contribution in [-0.4, -0.2) is 52.8 Å². The Kier molecular flexibility index (Phi) is 4.91. The minimum absolute atomic E-state index is 0.0525. The van der Waals surface area contributed by atoms with Crippen molar-refractivity contribution in [1.82, 2.24) is 4.31 Å². The molecule has 0 saturated carbocycles. The van der Waals surface area contributed by atoms with Gasteiger partial charge in [-0.1, -0.05) is 18.6 Å². The molecule has 3 aliphatic rings. The van der Waals surface area contributed by atoms with Gasteiger partial charge in [-0.15, -0.1) is 4.40 Å². The Labute approximate surface area is 180 Å². The fourth-order valence-electron chi connectivity index (χ4n) is 3.87. The standard InChI is InChI=1S/C20H21N3O6S2/c24-30(25)19-12-14(31(26,27)23-10-4-1-5-11-23)8-9-15(19)21-20(22-30)18-13-28-16-6-2-3-7-17(16)29-18/h2-3,6-9,12,18H,1,4-5,10-11,13H2,(H,21,22).